The molecule has 0 amide bonds. The maximum Gasteiger partial charge on any atom is 0.335 e. The molecule has 230 valence electrons. The van der Waals surface area contributed by atoms with Gasteiger partial charge in [0.1, 0.15) is 18.3 Å². The van der Waals surface area contributed by atoms with E-state index in [4.69, 9.17) is 24.2 Å². The Morgan fingerprint density at radius 2 is 1.38 bits per heavy atom. The molecule has 2 aliphatic rings. The number of hydrogen-bond donors (Lipinski definition) is 1. The summed E-state index contributed by atoms with van der Waals surface area (Å²) in [7, 11) is 0. The van der Waals surface area contributed by atoms with Crippen molar-refractivity contribution >= 4 is 11.2 Å². The van der Waals surface area contributed by atoms with Crippen LogP contribution in [0, 0.1) is 13.8 Å². The third kappa shape index (κ3) is 5.19. The van der Waals surface area contributed by atoms with E-state index in [0.717, 1.165) is 32.4 Å². The lowest BCUT2D eigenvalue weighted by Crippen LogP contribution is -2.45. The molecule has 3 aromatic carbocycles. The van der Waals surface area contributed by atoms with Crippen LogP contribution >= 0.6 is 0 Å². The van der Waals surface area contributed by atoms with E-state index in [-0.39, 0.29) is 24.3 Å². The van der Waals surface area contributed by atoms with E-state index in [1.807, 2.05) is 92.7 Å². The van der Waals surface area contributed by atoms with Gasteiger partial charge < -0.3 is 19.3 Å². The zero-order chi connectivity index (χ0) is 31.5. The molecule has 2 fully saturated rings. The Labute approximate surface area is 259 Å². The average Bonchev–Trinajstić information content (AvgIpc) is 3.53. The summed E-state index contributed by atoms with van der Waals surface area (Å²) in [5.74, 6) is -0.972. The van der Waals surface area contributed by atoms with Crippen LogP contribution in [0.15, 0.2) is 88.5 Å². The second-order valence-corrected chi connectivity index (χ2v) is 12.2. The van der Waals surface area contributed by atoms with Crippen LogP contribution in [-0.4, -0.2) is 54.9 Å². The largest absolute Gasteiger partial charge is 0.394 e. The van der Waals surface area contributed by atoms with Crippen molar-refractivity contribution in [1.82, 2.24) is 19.1 Å². The zero-order valence-corrected chi connectivity index (χ0v) is 25.5. The molecule has 0 aliphatic carbocycles. The van der Waals surface area contributed by atoms with Crippen LogP contribution in [-0.2, 0) is 20.8 Å². The molecule has 0 saturated carbocycles. The Balaban J connectivity index is 1.54. The smallest absolute Gasteiger partial charge is 0.335 e. The number of aliphatic hydroxyl groups excluding tert-OH is 1. The molecular formula is C35H34N4O6. The number of fused-ring (bicyclic) bond motifs is 2. The molecule has 4 atom stereocenters. The van der Waals surface area contributed by atoms with Gasteiger partial charge in [0, 0.05) is 11.1 Å². The molecule has 2 aliphatic heterocycles. The number of aromatic nitrogens is 4. The predicted octanol–water partition coefficient (Wildman–Crippen LogP) is 4.36. The van der Waals surface area contributed by atoms with Crippen LogP contribution < -0.4 is 11.2 Å². The minimum absolute atomic E-state index is 0.0164. The van der Waals surface area contributed by atoms with Gasteiger partial charge in [0.15, 0.2) is 23.2 Å². The molecule has 0 unspecified atom stereocenters. The first-order chi connectivity index (χ1) is 21.6. The highest BCUT2D eigenvalue weighted by Crippen LogP contribution is 2.43. The Bertz CT molecular complexity index is 2000. The first kappa shape index (κ1) is 29.2. The van der Waals surface area contributed by atoms with Crippen molar-refractivity contribution in [1.29, 1.82) is 0 Å². The highest BCUT2D eigenvalue weighted by molar-refractivity contribution is 5.84. The molecule has 10 heteroatoms. The molecule has 0 bridgehead atoms. The number of hydrogen-bond acceptors (Lipinski definition) is 8. The highest BCUT2D eigenvalue weighted by Gasteiger charge is 2.56. The van der Waals surface area contributed by atoms with E-state index in [0.29, 0.717) is 11.4 Å². The Morgan fingerprint density at radius 3 is 1.98 bits per heavy atom. The molecule has 0 spiro atoms. The lowest BCUT2D eigenvalue weighted by molar-refractivity contribution is -0.200. The summed E-state index contributed by atoms with van der Waals surface area (Å²) in [5.41, 5.74) is 4.40. The van der Waals surface area contributed by atoms with Gasteiger partial charge in [0.2, 0.25) is 0 Å². The minimum Gasteiger partial charge on any atom is -0.394 e. The van der Waals surface area contributed by atoms with Crippen LogP contribution in [0.5, 0.6) is 0 Å². The van der Waals surface area contributed by atoms with Gasteiger partial charge in [0.25, 0.3) is 5.56 Å². The van der Waals surface area contributed by atoms with Gasteiger partial charge in [-0.25, -0.2) is 19.3 Å². The Kier molecular flexibility index (Phi) is 7.25. The summed E-state index contributed by atoms with van der Waals surface area (Å²) in [5, 5.41) is 10.2. The van der Waals surface area contributed by atoms with E-state index in [2.05, 4.69) is 0 Å². The van der Waals surface area contributed by atoms with Crippen LogP contribution in [0.4, 0.5) is 0 Å². The SMILES string of the molecule is Cc1ccc(-c2nc3c(=O)n(Cc4ccccc4)c(=O)n([C@@H]4O[C@H](CO)[C@H]5OC(C)(C)O[C@H]54)c3nc2-c2ccc(C)cc2)cc1. The first-order valence-electron chi connectivity index (χ1n) is 15.0. The lowest BCUT2D eigenvalue weighted by atomic mass is 10.0. The van der Waals surface area contributed by atoms with Gasteiger partial charge in [-0.3, -0.25) is 9.36 Å². The van der Waals surface area contributed by atoms with E-state index >= 15 is 0 Å². The normalized spacial score (nSPS) is 22.2. The second kappa shape index (κ2) is 11.1. The van der Waals surface area contributed by atoms with Crippen molar-refractivity contribution in [2.24, 2.45) is 0 Å². The van der Waals surface area contributed by atoms with Gasteiger partial charge in [0.05, 0.1) is 24.5 Å². The number of aliphatic hydroxyl groups is 1. The Hall–Kier alpha value is -4.48. The number of ether oxygens (including phenoxy) is 3. The molecule has 4 heterocycles. The highest BCUT2D eigenvalue weighted by atomic mass is 16.8. The standard InChI is InChI=1S/C35H34N4O6/c1-20-10-14-23(15-11-20)26-27(24-16-12-21(2)13-17-24)37-31-28(36-26)32(41)38(18-22-8-6-5-7-9-22)34(42)39(31)33-30-29(25(19-40)43-33)44-35(3,4)45-30/h5-17,25,29-30,33,40H,18-19H2,1-4H3/t25-,29-,30-,33-/m1/s1. The quantitative estimate of drug-likeness (QED) is 0.303. The molecular weight excluding hydrogens is 572 g/mol. The van der Waals surface area contributed by atoms with Gasteiger partial charge in [-0.2, -0.15) is 0 Å². The lowest BCUT2D eigenvalue weighted by Gasteiger charge is -2.25. The van der Waals surface area contributed by atoms with Gasteiger partial charge in [-0.05, 0) is 33.3 Å². The summed E-state index contributed by atoms with van der Waals surface area (Å²) < 4.78 is 21.1. The van der Waals surface area contributed by atoms with E-state index in [1.54, 1.807) is 13.8 Å². The van der Waals surface area contributed by atoms with Crippen LogP contribution in [0.2, 0.25) is 0 Å². The third-order valence-corrected chi connectivity index (χ3v) is 8.38. The molecule has 0 radical (unpaired) electrons. The average molecular weight is 607 g/mol. The molecule has 7 rings (SSSR count). The van der Waals surface area contributed by atoms with Crippen molar-refractivity contribution in [3.05, 3.63) is 116 Å². The van der Waals surface area contributed by atoms with Crippen molar-refractivity contribution in [2.45, 2.75) is 64.6 Å². The predicted molar refractivity (Wildman–Crippen MR) is 169 cm³/mol. The van der Waals surface area contributed by atoms with Crippen LogP contribution in [0.3, 0.4) is 0 Å². The minimum atomic E-state index is -1.04. The fraction of sp³-hybridized carbons (Fsp3) is 0.314. The topological polar surface area (TPSA) is 118 Å². The van der Waals surface area contributed by atoms with Crippen molar-refractivity contribution in [3.63, 3.8) is 0 Å². The third-order valence-electron chi connectivity index (χ3n) is 8.38. The molecule has 45 heavy (non-hydrogen) atoms. The van der Waals surface area contributed by atoms with E-state index in [1.165, 1.54) is 4.57 Å². The summed E-state index contributed by atoms with van der Waals surface area (Å²) in [4.78, 5) is 38.7. The summed E-state index contributed by atoms with van der Waals surface area (Å²) in [6, 6.07) is 25.0. The van der Waals surface area contributed by atoms with Crippen molar-refractivity contribution in [3.8, 4) is 22.5 Å². The fourth-order valence-corrected chi connectivity index (χ4v) is 6.15. The molecule has 10 nitrogen and oxygen atoms in total. The summed E-state index contributed by atoms with van der Waals surface area (Å²) in [6.07, 6.45) is -3.18. The molecule has 1 N–H and O–H groups in total. The molecule has 2 saturated heterocycles. The van der Waals surface area contributed by atoms with Gasteiger partial charge >= 0.3 is 5.69 Å². The van der Waals surface area contributed by atoms with Crippen molar-refractivity contribution < 1.29 is 19.3 Å². The number of benzene rings is 3. The summed E-state index contributed by atoms with van der Waals surface area (Å²) in [6.45, 7) is 7.23. The van der Waals surface area contributed by atoms with Crippen molar-refractivity contribution in [2.75, 3.05) is 6.61 Å². The zero-order valence-electron chi connectivity index (χ0n) is 25.5. The van der Waals surface area contributed by atoms with Gasteiger partial charge in [-0.15, -0.1) is 0 Å². The molecule has 5 aromatic rings. The Morgan fingerprint density at radius 1 is 0.800 bits per heavy atom. The van der Waals surface area contributed by atoms with E-state index in [9.17, 15) is 14.7 Å². The summed E-state index contributed by atoms with van der Waals surface area (Å²) >= 11 is 0. The maximum atomic E-state index is 14.4. The molecule has 2 aromatic heterocycles. The van der Waals surface area contributed by atoms with Gasteiger partial charge in [-0.1, -0.05) is 90.0 Å². The monoisotopic (exact) mass is 606 g/mol. The number of aryl methyl sites for hydroxylation is 2. The number of rotatable bonds is 6. The second-order valence-electron chi connectivity index (χ2n) is 12.2. The van der Waals surface area contributed by atoms with E-state index < -0.39 is 41.6 Å². The fourth-order valence-electron chi connectivity index (χ4n) is 6.15. The van der Waals surface area contributed by atoms with Crippen LogP contribution in [0.1, 0.15) is 36.8 Å². The number of nitrogens with zero attached hydrogens (tertiary/aromatic N) is 4. The first-order valence-corrected chi connectivity index (χ1v) is 15.0. The van der Waals surface area contributed by atoms with Crippen LogP contribution in [0.25, 0.3) is 33.7 Å². The maximum absolute atomic E-state index is 14.4.